The molecule has 0 N–H and O–H groups in total. The van der Waals surface area contributed by atoms with E-state index in [9.17, 15) is 0 Å². The summed E-state index contributed by atoms with van der Waals surface area (Å²) in [5.74, 6) is 0.488. The molecule has 0 bridgehead atoms. The summed E-state index contributed by atoms with van der Waals surface area (Å²) in [7, 11) is 0. The Bertz CT molecular complexity index is 678. The maximum Gasteiger partial charge on any atom is 0.0248 e. The Labute approximate surface area is 134 Å². The second kappa shape index (κ2) is 5.43. The first-order valence-electron chi connectivity index (χ1n) is 8.33. The largest absolute Gasteiger partial charge is 0.0791 e. The molecule has 0 nitrogen and oxygen atoms in total. The van der Waals surface area contributed by atoms with Gasteiger partial charge in [0.15, 0.2) is 0 Å². The van der Waals surface area contributed by atoms with Crippen molar-refractivity contribution in [3.8, 4) is 0 Å². The number of benzene rings is 2. The molecule has 0 aromatic heterocycles. The van der Waals surface area contributed by atoms with Gasteiger partial charge in [-0.05, 0) is 28.0 Å². The molecule has 0 saturated heterocycles. The summed E-state index contributed by atoms with van der Waals surface area (Å²) in [6.07, 6.45) is 5.94. The van der Waals surface area contributed by atoms with Crippen LogP contribution in [0.3, 0.4) is 0 Å². The average molecular weight is 290 g/mol. The van der Waals surface area contributed by atoms with Crippen LogP contribution < -0.4 is 0 Å². The van der Waals surface area contributed by atoms with Crippen molar-refractivity contribution in [2.75, 3.05) is 0 Å². The summed E-state index contributed by atoms with van der Waals surface area (Å²) in [5, 5.41) is 0. The smallest absolute Gasteiger partial charge is 0.0248 e. The Morgan fingerprint density at radius 1 is 0.955 bits per heavy atom. The first-order chi connectivity index (χ1) is 10.5. The highest BCUT2D eigenvalue weighted by molar-refractivity contribution is 5.63. The molecule has 2 aromatic rings. The second-order valence-electron chi connectivity index (χ2n) is 7.33. The summed E-state index contributed by atoms with van der Waals surface area (Å²) in [5.41, 5.74) is 4.51. The van der Waals surface area contributed by atoms with Crippen molar-refractivity contribution in [2.24, 2.45) is 11.3 Å². The van der Waals surface area contributed by atoms with Crippen molar-refractivity contribution < 1.29 is 0 Å². The Balaban J connectivity index is 2.26. The number of hydrogen-bond donors (Lipinski definition) is 0. The lowest BCUT2D eigenvalue weighted by atomic mass is 9.55. The molecule has 0 radical (unpaired) electrons. The van der Waals surface area contributed by atoms with Gasteiger partial charge in [-0.2, -0.15) is 0 Å². The molecule has 1 aliphatic rings. The van der Waals surface area contributed by atoms with Gasteiger partial charge in [-0.15, -0.1) is 0 Å². The predicted molar refractivity (Wildman–Crippen MR) is 95.9 cm³/mol. The van der Waals surface area contributed by atoms with E-state index in [-0.39, 0.29) is 10.8 Å². The lowest BCUT2D eigenvalue weighted by Crippen LogP contribution is -2.42. The van der Waals surface area contributed by atoms with Crippen LogP contribution in [0.2, 0.25) is 0 Å². The van der Waals surface area contributed by atoms with Crippen LogP contribution in [0, 0.1) is 11.3 Å². The van der Waals surface area contributed by atoms with Gasteiger partial charge in [0.2, 0.25) is 0 Å². The standard InChI is InChI=1S/C22H26/c1-5-21(2,3)20-16-15-17-11-9-10-14-19(17)22(20,4)18-12-7-6-8-13-18/h6-16,20H,5H2,1-4H3. The van der Waals surface area contributed by atoms with Crippen molar-refractivity contribution in [1.82, 2.24) is 0 Å². The molecule has 3 rings (SSSR count). The molecule has 1 aliphatic carbocycles. The highest BCUT2D eigenvalue weighted by atomic mass is 14.5. The van der Waals surface area contributed by atoms with Crippen LogP contribution in [-0.4, -0.2) is 0 Å². The van der Waals surface area contributed by atoms with Gasteiger partial charge in [0.05, 0.1) is 0 Å². The van der Waals surface area contributed by atoms with E-state index in [0.717, 1.165) is 0 Å². The summed E-state index contributed by atoms with van der Waals surface area (Å²) in [6.45, 7) is 9.53. The Morgan fingerprint density at radius 3 is 2.27 bits per heavy atom. The van der Waals surface area contributed by atoms with Crippen LogP contribution in [-0.2, 0) is 5.41 Å². The molecule has 0 aliphatic heterocycles. The van der Waals surface area contributed by atoms with Gasteiger partial charge in [0.25, 0.3) is 0 Å². The quantitative estimate of drug-likeness (QED) is 0.643. The molecule has 2 unspecified atom stereocenters. The molecule has 0 spiro atoms. The zero-order valence-electron chi connectivity index (χ0n) is 14.1. The molecular weight excluding hydrogens is 264 g/mol. The lowest BCUT2D eigenvalue weighted by molar-refractivity contribution is 0.178. The molecular formula is C22H26. The highest BCUT2D eigenvalue weighted by Crippen LogP contribution is 2.52. The fraction of sp³-hybridized carbons (Fsp3) is 0.364. The third kappa shape index (κ3) is 2.22. The minimum atomic E-state index is 0.0200. The SMILES string of the molecule is CCC(C)(C)C1C=Cc2ccccc2C1(C)c1ccccc1. The lowest BCUT2D eigenvalue weighted by Gasteiger charge is -2.48. The van der Waals surface area contributed by atoms with Gasteiger partial charge >= 0.3 is 0 Å². The Morgan fingerprint density at radius 2 is 1.59 bits per heavy atom. The van der Waals surface area contributed by atoms with Crippen molar-refractivity contribution in [2.45, 2.75) is 39.5 Å². The van der Waals surface area contributed by atoms with Crippen molar-refractivity contribution >= 4 is 6.08 Å². The van der Waals surface area contributed by atoms with Gasteiger partial charge < -0.3 is 0 Å². The zero-order valence-corrected chi connectivity index (χ0v) is 14.1. The minimum absolute atomic E-state index is 0.0200. The molecule has 2 atom stereocenters. The first kappa shape index (κ1) is 15.1. The molecule has 0 amide bonds. The monoisotopic (exact) mass is 290 g/mol. The molecule has 114 valence electrons. The number of allylic oxidation sites excluding steroid dienone is 1. The summed E-state index contributed by atoms with van der Waals surface area (Å²) in [6, 6.07) is 19.9. The van der Waals surface area contributed by atoms with Crippen LogP contribution in [0.15, 0.2) is 60.7 Å². The number of fused-ring (bicyclic) bond motifs is 1. The predicted octanol–water partition coefficient (Wildman–Crippen LogP) is 6.07. The van der Waals surface area contributed by atoms with Crippen LogP contribution >= 0.6 is 0 Å². The topological polar surface area (TPSA) is 0 Å². The van der Waals surface area contributed by atoms with Crippen molar-refractivity contribution in [1.29, 1.82) is 0 Å². The average Bonchev–Trinajstić information content (AvgIpc) is 2.56. The fourth-order valence-electron chi connectivity index (χ4n) is 4.06. The van der Waals surface area contributed by atoms with Gasteiger partial charge in [0.1, 0.15) is 0 Å². The van der Waals surface area contributed by atoms with Crippen LogP contribution in [0.4, 0.5) is 0 Å². The maximum atomic E-state index is 2.44. The molecule has 0 saturated carbocycles. The second-order valence-corrected chi connectivity index (χ2v) is 7.33. The van der Waals surface area contributed by atoms with Crippen LogP contribution in [0.1, 0.15) is 50.8 Å². The Kier molecular flexibility index (Phi) is 3.72. The zero-order chi connectivity index (χ0) is 15.8. The number of rotatable bonds is 3. The van der Waals surface area contributed by atoms with E-state index in [1.165, 1.54) is 23.1 Å². The van der Waals surface area contributed by atoms with Crippen LogP contribution in [0.25, 0.3) is 6.08 Å². The van der Waals surface area contributed by atoms with E-state index in [2.05, 4.69) is 94.4 Å². The van der Waals surface area contributed by atoms with Crippen molar-refractivity contribution in [3.05, 3.63) is 77.4 Å². The van der Waals surface area contributed by atoms with Crippen LogP contribution in [0.5, 0.6) is 0 Å². The van der Waals surface area contributed by atoms with Gasteiger partial charge in [-0.3, -0.25) is 0 Å². The Hall–Kier alpha value is -1.82. The van der Waals surface area contributed by atoms with E-state index in [1.54, 1.807) is 0 Å². The fourth-order valence-corrected chi connectivity index (χ4v) is 4.06. The molecule has 0 fully saturated rings. The molecule has 2 aromatic carbocycles. The van der Waals surface area contributed by atoms with Gasteiger partial charge in [0, 0.05) is 5.41 Å². The molecule has 22 heavy (non-hydrogen) atoms. The summed E-state index contributed by atoms with van der Waals surface area (Å²) < 4.78 is 0. The van der Waals surface area contributed by atoms with E-state index in [4.69, 9.17) is 0 Å². The molecule has 0 heteroatoms. The first-order valence-corrected chi connectivity index (χ1v) is 8.33. The van der Waals surface area contributed by atoms with E-state index in [1.807, 2.05) is 0 Å². The minimum Gasteiger partial charge on any atom is -0.0791 e. The summed E-state index contributed by atoms with van der Waals surface area (Å²) >= 11 is 0. The normalized spacial score (nSPS) is 24.1. The number of hydrogen-bond acceptors (Lipinski definition) is 0. The summed E-state index contributed by atoms with van der Waals surface area (Å²) in [4.78, 5) is 0. The molecule has 0 heterocycles. The van der Waals surface area contributed by atoms with Crippen molar-refractivity contribution in [3.63, 3.8) is 0 Å². The highest BCUT2D eigenvalue weighted by Gasteiger charge is 2.45. The third-order valence-corrected chi connectivity index (χ3v) is 5.74. The van der Waals surface area contributed by atoms with E-state index in [0.29, 0.717) is 5.92 Å². The maximum absolute atomic E-state index is 2.44. The van der Waals surface area contributed by atoms with Gasteiger partial charge in [-0.25, -0.2) is 0 Å². The van der Waals surface area contributed by atoms with E-state index < -0.39 is 0 Å². The van der Waals surface area contributed by atoms with E-state index >= 15 is 0 Å². The third-order valence-electron chi connectivity index (χ3n) is 5.74. The van der Waals surface area contributed by atoms with Gasteiger partial charge in [-0.1, -0.05) is 101 Å².